The van der Waals surface area contributed by atoms with Crippen LogP contribution in [0.4, 0.5) is 0 Å². The summed E-state index contributed by atoms with van der Waals surface area (Å²) in [7, 11) is 0. The molecule has 3 rings (SSSR count). The number of hydrogen-bond acceptors (Lipinski definition) is 5. The lowest BCUT2D eigenvalue weighted by Gasteiger charge is -2.34. The van der Waals surface area contributed by atoms with E-state index in [0.29, 0.717) is 0 Å². The summed E-state index contributed by atoms with van der Waals surface area (Å²) >= 11 is 0. The molecule has 1 aromatic rings. The van der Waals surface area contributed by atoms with Crippen LogP contribution in [0, 0.1) is 0 Å². The predicted octanol–water partition coefficient (Wildman–Crippen LogP) is 1.31. The van der Waals surface area contributed by atoms with Crippen molar-refractivity contribution in [3.63, 3.8) is 0 Å². The Labute approximate surface area is 199 Å². The van der Waals surface area contributed by atoms with Crippen molar-refractivity contribution in [3.8, 4) is 0 Å². The zero-order chi connectivity index (χ0) is 20.2. The Hall–Kier alpha value is -0.940. The molecule has 0 spiro atoms. The van der Waals surface area contributed by atoms with E-state index in [1.165, 1.54) is 5.56 Å². The molecule has 170 valence electrons. The molecule has 2 aliphatic rings. The molecule has 2 N–H and O–H groups in total. The Bertz CT molecular complexity index is 589. The van der Waals surface area contributed by atoms with Crippen LogP contribution < -0.4 is 10.6 Å². The number of aliphatic imine (C=N–C) groups is 1. The van der Waals surface area contributed by atoms with Crippen molar-refractivity contribution >= 4 is 29.9 Å². The smallest absolute Gasteiger partial charge is 0.191 e. The van der Waals surface area contributed by atoms with E-state index in [1.54, 1.807) is 0 Å². The number of rotatable bonds is 9. The highest BCUT2D eigenvalue weighted by Gasteiger charge is 2.16. The van der Waals surface area contributed by atoms with E-state index < -0.39 is 0 Å². The van der Waals surface area contributed by atoms with Gasteiger partial charge in [0.25, 0.3) is 0 Å². The van der Waals surface area contributed by atoms with Gasteiger partial charge in [-0.1, -0.05) is 30.3 Å². The van der Waals surface area contributed by atoms with Gasteiger partial charge in [0, 0.05) is 72.0 Å². The summed E-state index contributed by atoms with van der Waals surface area (Å²) in [6, 6.07) is 10.8. The third kappa shape index (κ3) is 9.47. The minimum Gasteiger partial charge on any atom is -0.379 e. The third-order valence-corrected chi connectivity index (χ3v) is 5.57. The van der Waals surface area contributed by atoms with Gasteiger partial charge in [-0.25, -0.2) is 0 Å². The Kier molecular flexibility index (Phi) is 12.6. The fourth-order valence-electron chi connectivity index (χ4n) is 3.81. The Morgan fingerprint density at radius 2 is 1.57 bits per heavy atom. The van der Waals surface area contributed by atoms with Crippen LogP contribution >= 0.6 is 24.0 Å². The molecule has 0 aromatic heterocycles. The first kappa shape index (κ1) is 25.3. The fraction of sp³-hybridized carbons (Fsp3) is 0.682. The van der Waals surface area contributed by atoms with Gasteiger partial charge in [-0.3, -0.25) is 19.7 Å². The van der Waals surface area contributed by atoms with Gasteiger partial charge >= 0.3 is 0 Å². The van der Waals surface area contributed by atoms with Gasteiger partial charge in [-0.15, -0.1) is 24.0 Å². The Balaban J connectivity index is 0.00000320. The highest BCUT2D eigenvalue weighted by molar-refractivity contribution is 14.0. The maximum atomic E-state index is 5.40. The lowest BCUT2D eigenvalue weighted by atomic mass is 10.2. The van der Waals surface area contributed by atoms with Crippen molar-refractivity contribution in [3.05, 3.63) is 35.9 Å². The second kappa shape index (κ2) is 15.0. The number of halogens is 1. The molecule has 0 atom stereocenters. The minimum atomic E-state index is 0. The average molecular weight is 530 g/mol. The van der Waals surface area contributed by atoms with Gasteiger partial charge in [0.2, 0.25) is 0 Å². The van der Waals surface area contributed by atoms with Gasteiger partial charge in [0.15, 0.2) is 5.96 Å². The summed E-state index contributed by atoms with van der Waals surface area (Å²) in [5.41, 5.74) is 1.41. The van der Waals surface area contributed by atoms with Crippen LogP contribution in [-0.4, -0.2) is 106 Å². The van der Waals surface area contributed by atoms with E-state index in [0.717, 1.165) is 97.7 Å². The van der Waals surface area contributed by atoms with E-state index in [9.17, 15) is 0 Å². The molecule has 2 saturated heterocycles. The lowest BCUT2D eigenvalue weighted by Crippen LogP contribution is -2.49. The highest BCUT2D eigenvalue weighted by atomic mass is 127. The van der Waals surface area contributed by atoms with Gasteiger partial charge in [-0.05, 0) is 12.5 Å². The number of guanidine groups is 1. The van der Waals surface area contributed by atoms with Crippen LogP contribution in [-0.2, 0) is 11.3 Å². The summed E-state index contributed by atoms with van der Waals surface area (Å²) in [5.74, 6) is 0.934. The Morgan fingerprint density at radius 3 is 2.27 bits per heavy atom. The molecule has 0 bridgehead atoms. The molecular weight excluding hydrogens is 491 g/mol. The van der Waals surface area contributed by atoms with E-state index >= 15 is 0 Å². The zero-order valence-corrected chi connectivity index (χ0v) is 20.7. The lowest BCUT2D eigenvalue weighted by molar-refractivity contribution is 0.0394. The van der Waals surface area contributed by atoms with Gasteiger partial charge < -0.3 is 15.4 Å². The van der Waals surface area contributed by atoms with Crippen LogP contribution in [0.2, 0.25) is 0 Å². The molecule has 2 heterocycles. The van der Waals surface area contributed by atoms with Crippen LogP contribution in [0.25, 0.3) is 0 Å². The van der Waals surface area contributed by atoms with E-state index in [4.69, 9.17) is 9.73 Å². The van der Waals surface area contributed by atoms with Crippen LogP contribution in [0.15, 0.2) is 35.3 Å². The van der Waals surface area contributed by atoms with Crippen molar-refractivity contribution in [2.24, 2.45) is 4.99 Å². The van der Waals surface area contributed by atoms with E-state index in [1.807, 2.05) is 0 Å². The molecule has 0 unspecified atom stereocenters. The van der Waals surface area contributed by atoms with Crippen LogP contribution in [0.1, 0.15) is 12.5 Å². The summed E-state index contributed by atoms with van der Waals surface area (Å²) in [4.78, 5) is 12.3. The van der Waals surface area contributed by atoms with E-state index in [-0.39, 0.29) is 24.0 Å². The molecule has 0 saturated carbocycles. The number of ether oxygens (including phenoxy) is 1. The van der Waals surface area contributed by atoms with Crippen molar-refractivity contribution in [1.82, 2.24) is 25.3 Å². The number of benzene rings is 1. The molecule has 1 aromatic carbocycles. The first-order chi connectivity index (χ1) is 14.3. The monoisotopic (exact) mass is 530 g/mol. The predicted molar refractivity (Wildman–Crippen MR) is 135 cm³/mol. The molecule has 8 heteroatoms. The Morgan fingerprint density at radius 1 is 0.900 bits per heavy atom. The molecule has 0 aliphatic carbocycles. The molecule has 0 amide bonds. The largest absolute Gasteiger partial charge is 0.379 e. The first-order valence-electron chi connectivity index (χ1n) is 11.1. The number of piperazine rings is 1. The van der Waals surface area contributed by atoms with Gasteiger partial charge in [-0.2, -0.15) is 0 Å². The van der Waals surface area contributed by atoms with Crippen molar-refractivity contribution in [1.29, 1.82) is 0 Å². The van der Waals surface area contributed by atoms with Crippen LogP contribution in [0.5, 0.6) is 0 Å². The SMILES string of the molecule is CCNC(=NCCN1CCOCC1)NCCN1CCN(Cc2ccccc2)CC1.I. The van der Waals surface area contributed by atoms with Crippen molar-refractivity contribution < 1.29 is 4.74 Å². The maximum absolute atomic E-state index is 5.40. The quantitative estimate of drug-likeness (QED) is 0.286. The second-order valence-corrected chi connectivity index (χ2v) is 7.74. The van der Waals surface area contributed by atoms with Crippen molar-refractivity contribution in [2.75, 3.05) is 85.2 Å². The van der Waals surface area contributed by atoms with E-state index in [2.05, 4.69) is 62.6 Å². The maximum Gasteiger partial charge on any atom is 0.191 e. The summed E-state index contributed by atoms with van der Waals surface area (Å²) in [5, 5.41) is 6.86. The topological polar surface area (TPSA) is 55.4 Å². The average Bonchev–Trinajstić information content (AvgIpc) is 2.76. The normalized spacial score (nSPS) is 19.3. The standard InChI is InChI=1S/C22H38N6O.HI/c1-2-23-22(25-9-11-27-16-18-29-19-17-27)24-8-10-26-12-14-28(15-13-26)20-21-6-4-3-5-7-21;/h3-7H,2,8-20H2,1H3,(H2,23,24,25);1H. The highest BCUT2D eigenvalue weighted by Crippen LogP contribution is 2.08. The number of hydrogen-bond donors (Lipinski definition) is 2. The van der Waals surface area contributed by atoms with Crippen molar-refractivity contribution in [2.45, 2.75) is 13.5 Å². The third-order valence-electron chi connectivity index (χ3n) is 5.57. The minimum absolute atomic E-state index is 0. The fourth-order valence-corrected chi connectivity index (χ4v) is 3.81. The molecule has 2 fully saturated rings. The number of nitrogens with zero attached hydrogens (tertiary/aromatic N) is 4. The molecule has 0 radical (unpaired) electrons. The number of nitrogens with one attached hydrogen (secondary N) is 2. The molecule has 2 aliphatic heterocycles. The molecular formula is C22H39IN6O. The van der Waals surface area contributed by atoms with Gasteiger partial charge in [0.1, 0.15) is 0 Å². The first-order valence-corrected chi connectivity index (χ1v) is 11.1. The molecule has 30 heavy (non-hydrogen) atoms. The van der Waals surface area contributed by atoms with Gasteiger partial charge in [0.05, 0.1) is 19.8 Å². The summed E-state index contributed by atoms with van der Waals surface area (Å²) in [6.45, 7) is 16.2. The second-order valence-electron chi connectivity index (χ2n) is 7.74. The molecule has 7 nitrogen and oxygen atoms in total. The summed E-state index contributed by atoms with van der Waals surface area (Å²) < 4.78 is 5.40. The summed E-state index contributed by atoms with van der Waals surface area (Å²) in [6.07, 6.45) is 0. The van der Waals surface area contributed by atoms with Crippen LogP contribution in [0.3, 0.4) is 0 Å². The number of morpholine rings is 1. The zero-order valence-electron chi connectivity index (χ0n) is 18.4.